The summed E-state index contributed by atoms with van der Waals surface area (Å²) in [7, 11) is -3.36. The van der Waals surface area contributed by atoms with E-state index < -0.39 is 10.0 Å². The van der Waals surface area contributed by atoms with Crippen molar-refractivity contribution in [3.05, 3.63) is 83.9 Å². The first-order valence-electron chi connectivity index (χ1n) is 10.8. The molecule has 0 aliphatic heterocycles. The summed E-state index contributed by atoms with van der Waals surface area (Å²) in [6.07, 6.45) is 0.530. The summed E-state index contributed by atoms with van der Waals surface area (Å²) in [5, 5.41) is 11.0. The van der Waals surface area contributed by atoms with E-state index in [4.69, 9.17) is 4.42 Å². The number of benzene rings is 3. The Labute approximate surface area is 198 Å². The fourth-order valence-electron chi connectivity index (χ4n) is 3.32. The number of hydrogen-bond acceptors (Lipinski definition) is 6. The maximum atomic E-state index is 12.6. The van der Waals surface area contributed by atoms with Crippen LogP contribution in [0.3, 0.4) is 0 Å². The Bertz CT molecular complexity index is 1400. The molecule has 0 bridgehead atoms. The first-order valence-corrected chi connectivity index (χ1v) is 12.4. The molecule has 0 unspecified atom stereocenters. The molecule has 34 heavy (non-hydrogen) atoms. The molecule has 0 spiro atoms. The summed E-state index contributed by atoms with van der Waals surface area (Å²) < 4.78 is 32.0. The lowest BCUT2D eigenvalue weighted by Gasteiger charge is -2.09. The van der Waals surface area contributed by atoms with Gasteiger partial charge in [-0.15, -0.1) is 10.2 Å². The molecule has 0 saturated heterocycles. The van der Waals surface area contributed by atoms with Crippen molar-refractivity contribution < 1.29 is 17.6 Å². The van der Waals surface area contributed by atoms with Crippen LogP contribution in [0.1, 0.15) is 29.3 Å². The molecule has 1 aromatic heterocycles. The molecular weight excluding hydrogens is 452 g/mol. The highest BCUT2D eigenvalue weighted by Gasteiger charge is 2.13. The van der Waals surface area contributed by atoms with Gasteiger partial charge in [0.25, 0.3) is 5.91 Å². The van der Waals surface area contributed by atoms with E-state index in [1.54, 1.807) is 55.5 Å². The smallest absolute Gasteiger partial charge is 0.255 e. The molecule has 9 heteroatoms. The van der Waals surface area contributed by atoms with Gasteiger partial charge in [0.2, 0.25) is 21.8 Å². The first kappa shape index (κ1) is 23.2. The normalized spacial score (nSPS) is 11.2. The zero-order valence-corrected chi connectivity index (χ0v) is 19.6. The number of rotatable bonds is 8. The van der Waals surface area contributed by atoms with Crippen LogP contribution in [0.4, 0.5) is 11.4 Å². The van der Waals surface area contributed by atoms with Crippen LogP contribution in [-0.4, -0.2) is 30.3 Å². The van der Waals surface area contributed by atoms with Gasteiger partial charge in [-0.25, -0.2) is 8.42 Å². The van der Waals surface area contributed by atoms with Crippen molar-refractivity contribution in [2.45, 2.75) is 20.3 Å². The number of carbonyl (C=O) groups is 1. The maximum absolute atomic E-state index is 12.6. The molecule has 0 aliphatic carbocycles. The summed E-state index contributed by atoms with van der Waals surface area (Å²) in [6, 6.07) is 21.1. The van der Waals surface area contributed by atoms with Gasteiger partial charge in [0, 0.05) is 28.1 Å². The maximum Gasteiger partial charge on any atom is 0.255 e. The summed E-state index contributed by atoms with van der Waals surface area (Å²) in [5.41, 5.74) is 4.09. The largest absolute Gasteiger partial charge is 0.416 e. The Morgan fingerprint density at radius 2 is 1.53 bits per heavy atom. The molecule has 4 aromatic rings. The third kappa shape index (κ3) is 5.68. The second-order valence-electron chi connectivity index (χ2n) is 7.81. The Morgan fingerprint density at radius 1 is 0.882 bits per heavy atom. The van der Waals surface area contributed by atoms with E-state index >= 15 is 0 Å². The van der Waals surface area contributed by atoms with E-state index in [1.165, 1.54) is 0 Å². The van der Waals surface area contributed by atoms with Gasteiger partial charge in [-0.05, 0) is 74.0 Å². The van der Waals surface area contributed by atoms with Gasteiger partial charge in [-0.1, -0.05) is 24.6 Å². The lowest BCUT2D eigenvalue weighted by molar-refractivity contribution is 0.102. The zero-order chi connectivity index (χ0) is 24.1. The van der Waals surface area contributed by atoms with Gasteiger partial charge < -0.3 is 9.73 Å². The fraction of sp³-hybridized carbons (Fsp3) is 0.160. The average Bonchev–Trinajstić information content (AvgIpc) is 3.31. The highest BCUT2D eigenvalue weighted by Crippen LogP contribution is 2.25. The number of anilines is 2. The molecule has 174 valence electrons. The van der Waals surface area contributed by atoms with Crippen molar-refractivity contribution in [1.82, 2.24) is 10.2 Å². The minimum absolute atomic E-state index is 0.0539. The second kappa shape index (κ2) is 9.88. The molecule has 3 aromatic carbocycles. The molecule has 0 saturated carbocycles. The van der Waals surface area contributed by atoms with Crippen LogP contribution in [0.15, 0.2) is 77.2 Å². The Balaban J connectivity index is 1.41. The van der Waals surface area contributed by atoms with Crippen molar-refractivity contribution in [1.29, 1.82) is 0 Å². The molecule has 1 heterocycles. The summed E-state index contributed by atoms with van der Waals surface area (Å²) in [5.74, 6) is 0.556. The van der Waals surface area contributed by atoms with Crippen LogP contribution in [0.5, 0.6) is 0 Å². The number of aromatic nitrogens is 2. The van der Waals surface area contributed by atoms with Crippen molar-refractivity contribution in [3.63, 3.8) is 0 Å². The van der Waals surface area contributed by atoms with Crippen molar-refractivity contribution in [2.24, 2.45) is 0 Å². The molecule has 2 N–H and O–H groups in total. The number of hydrogen-bond donors (Lipinski definition) is 2. The highest BCUT2D eigenvalue weighted by atomic mass is 32.2. The minimum Gasteiger partial charge on any atom is -0.416 e. The Morgan fingerprint density at radius 3 is 2.18 bits per heavy atom. The standard InChI is InChI=1S/C25H24N4O4S/c1-3-15-34(31,32)29-22-13-11-21(12-14-22)26-23(30)18-7-9-19(10-8-18)24-27-28-25(33-24)20-6-4-5-17(2)16-20/h4-14,16,29H,3,15H2,1-2H3,(H,26,30). The van der Waals surface area contributed by atoms with E-state index in [1.807, 2.05) is 31.2 Å². The Kier molecular flexibility index (Phi) is 6.74. The van der Waals surface area contributed by atoms with Gasteiger partial charge in [0.15, 0.2) is 0 Å². The molecule has 0 radical (unpaired) electrons. The van der Waals surface area contributed by atoms with E-state index in [2.05, 4.69) is 20.2 Å². The SMILES string of the molecule is CCCS(=O)(=O)Nc1ccc(NC(=O)c2ccc(-c3nnc(-c4cccc(C)c4)o3)cc2)cc1. The predicted molar refractivity (Wildman–Crippen MR) is 132 cm³/mol. The summed E-state index contributed by atoms with van der Waals surface area (Å²) >= 11 is 0. The third-order valence-corrected chi connectivity index (χ3v) is 6.47. The molecular formula is C25H24N4O4S. The van der Waals surface area contributed by atoms with Gasteiger partial charge in [-0.2, -0.15) is 0 Å². The molecule has 0 atom stereocenters. The molecule has 8 nitrogen and oxygen atoms in total. The van der Waals surface area contributed by atoms with Crippen LogP contribution in [0, 0.1) is 6.92 Å². The van der Waals surface area contributed by atoms with Gasteiger partial charge in [-0.3, -0.25) is 9.52 Å². The van der Waals surface area contributed by atoms with E-state index in [0.29, 0.717) is 40.7 Å². The average molecular weight is 477 g/mol. The zero-order valence-electron chi connectivity index (χ0n) is 18.8. The van der Waals surface area contributed by atoms with E-state index in [0.717, 1.165) is 11.1 Å². The summed E-state index contributed by atoms with van der Waals surface area (Å²) in [6.45, 7) is 3.79. The molecule has 0 aliphatic rings. The molecule has 0 fully saturated rings. The summed E-state index contributed by atoms with van der Waals surface area (Å²) in [4.78, 5) is 12.6. The Hall–Kier alpha value is -3.98. The second-order valence-corrected chi connectivity index (χ2v) is 9.65. The van der Waals surface area contributed by atoms with E-state index in [9.17, 15) is 13.2 Å². The van der Waals surface area contributed by atoms with Gasteiger partial charge in [0.1, 0.15) is 0 Å². The quantitative estimate of drug-likeness (QED) is 0.365. The number of carbonyl (C=O) groups excluding carboxylic acids is 1. The van der Waals surface area contributed by atoms with Crippen molar-refractivity contribution in [3.8, 4) is 22.9 Å². The fourth-order valence-corrected chi connectivity index (χ4v) is 4.46. The lowest BCUT2D eigenvalue weighted by atomic mass is 10.1. The number of sulfonamides is 1. The molecule has 1 amide bonds. The monoisotopic (exact) mass is 476 g/mol. The van der Waals surface area contributed by atoms with Gasteiger partial charge in [0.05, 0.1) is 5.75 Å². The first-order chi connectivity index (χ1) is 16.3. The number of nitrogens with zero attached hydrogens (tertiary/aromatic N) is 2. The van der Waals surface area contributed by atoms with E-state index in [-0.39, 0.29) is 11.7 Å². The van der Waals surface area contributed by atoms with Crippen LogP contribution in [0.25, 0.3) is 22.9 Å². The minimum atomic E-state index is -3.36. The molecule has 4 rings (SSSR count). The van der Waals surface area contributed by atoms with Crippen molar-refractivity contribution in [2.75, 3.05) is 15.8 Å². The number of aryl methyl sites for hydroxylation is 1. The number of nitrogens with one attached hydrogen (secondary N) is 2. The van der Waals surface area contributed by atoms with Crippen LogP contribution in [-0.2, 0) is 10.0 Å². The lowest BCUT2D eigenvalue weighted by Crippen LogP contribution is -2.16. The van der Waals surface area contributed by atoms with Crippen molar-refractivity contribution >= 4 is 27.3 Å². The van der Waals surface area contributed by atoms with Crippen LogP contribution >= 0.6 is 0 Å². The predicted octanol–water partition coefficient (Wildman–Crippen LogP) is 5.12. The van der Waals surface area contributed by atoms with Crippen LogP contribution < -0.4 is 10.0 Å². The third-order valence-electron chi connectivity index (χ3n) is 4.97. The number of amides is 1. The van der Waals surface area contributed by atoms with Crippen LogP contribution in [0.2, 0.25) is 0 Å². The topological polar surface area (TPSA) is 114 Å². The highest BCUT2D eigenvalue weighted by molar-refractivity contribution is 7.92. The van der Waals surface area contributed by atoms with Gasteiger partial charge >= 0.3 is 0 Å².